The predicted molar refractivity (Wildman–Crippen MR) is 66.7 cm³/mol. The lowest BCUT2D eigenvalue weighted by molar-refractivity contribution is 0.573. The second-order valence-electron chi connectivity index (χ2n) is 3.60. The lowest BCUT2D eigenvalue weighted by Crippen LogP contribution is -2.33. The van der Waals surface area contributed by atoms with E-state index in [2.05, 4.69) is 4.99 Å². The summed E-state index contributed by atoms with van der Waals surface area (Å²) in [6.45, 7) is 1.66. The van der Waals surface area contributed by atoms with Crippen molar-refractivity contribution in [1.29, 1.82) is 0 Å². The van der Waals surface area contributed by atoms with Gasteiger partial charge in [-0.15, -0.1) is 11.3 Å². The van der Waals surface area contributed by atoms with Gasteiger partial charge in [-0.3, -0.25) is 14.4 Å². The normalized spacial score (nSPS) is 15.9. The summed E-state index contributed by atoms with van der Waals surface area (Å²) in [6.07, 6.45) is 2.93. The van der Waals surface area contributed by atoms with E-state index in [-0.39, 0.29) is 5.56 Å². The van der Waals surface area contributed by atoms with Crippen LogP contribution in [0.2, 0.25) is 0 Å². The van der Waals surface area contributed by atoms with Crippen molar-refractivity contribution in [3.05, 3.63) is 42.1 Å². The highest BCUT2D eigenvalue weighted by Gasteiger charge is 2.08. The second kappa shape index (κ2) is 3.99. The predicted octanol–water partition coefficient (Wildman–Crippen LogP) is 0.823. The summed E-state index contributed by atoms with van der Waals surface area (Å²) in [7, 11) is 0. The van der Waals surface area contributed by atoms with E-state index in [1.54, 1.807) is 15.9 Å². The third-order valence-corrected chi connectivity index (χ3v) is 4.36. The molecule has 82 valence electrons. The zero-order valence-electron chi connectivity index (χ0n) is 8.55. The van der Waals surface area contributed by atoms with E-state index in [1.807, 2.05) is 23.6 Å². The van der Waals surface area contributed by atoms with E-state index in [0.717, 1.165) is 33.7 Å². The van der Waals surface area contributed by atoms with E-state index < -0.39 is 0 Å². The molecule has 1 aliphatic rings. The van der Waals surface area contributed by atoms with Gasteiger partial charge in [0, 0.05) is 18.0 Å². The summed E-state index contributed by atoms with van der Waals surface area (Å²) in [5, 5.41) is 2.02. The highest BCUT2D eigenvalue weighted by atomic mass is 32.1. The molecule has 0 fully saturated rings. The molecule has 0 spiro atoms. The molecule has 0 amide bonds. The van der Waals surface area contributed by atoms with E-state index >= 15 is 0 Å². The van der Waals surface area contributed by atoms with Gasteiger partial charge in [-0.2, -0.15) is 0 Å². The van der Waals surface area contributed by atoms with Crippen LogP contribution in [-0.4, -0.2) is 11.1 Å². The first kappa shape index (κ1) is 9.99. The Morgan fingerprint density at radius 3 is 3.19 bits per heavy atom. The summed E-state index contributed by atoms with van der Waals surface area (Å²) < 4.78 is 2.58. The van der Waals surface area contributed by atoms with Crippen LogP contribution < -0.4 is 14.9 Å². The maximum Gasteiger partial charge on any atom is 0.270 e. The number of fused-ring (bicyclic) bond motifs is 1. The first-order chi connectivity index (χ1) is 7.84. The molecular formula is C11H10N2OS2. The molecule has 0 aromatic carbocycles. The fourth-order valence-corrected chi connectivity index (χ4v) is 3.48. The monoisotopic (exact) mass is 250 g/mol. The third-order valence-electron chi connectivity index (χ3n) is 2.49. The molecule has 0 atom stereocenters. The van der Waals surface area contributed by atoms with E-state index in [9.17, 15) is 4.79 Å². The van der Waals surface area contributed by atoms with Gasteiger partial charge in [-0.05, 0) is 23.9 Å². The van der Waals surface area contributed by atoms with Gasteiger partial charge in [-0.25, -0.2) is 0 Å². The van der Waals surface area contributed by atoms with Crippen LogP contribution in [0.5, 0.6) is 0 Å². The fraction of sp³-hybridized carbons (Fsp3) is 0.273. The second-order valence-corrected chi connectivity index (χ2v) is 5.59. The number of thiophene rings is 1. The molecule has 1 aliphatic heterocycles. The summed E-state index contributed by atoms with van der Waals surface area (Å²) in [5.74, 6) is 0. The van der Waals surface area contributed by atoms with Crippen molar-refractivity contribution in [2.45, 2.75) is 13.0 Å². The van der Waals surface area contributed by atoms with Gasteiger partial charge in [0.25, 0.3) is 5.56 Å². The van der Waals surface area contributed by atoms with Crippen LogP contribution in [0.4, 0.5) is 0 Å². The van der Waals surface area contributed by atoms with Crippen molar-refractivity contribution >= 4 is 28.7 Å². The Labute approximate surface area is 100 Å². The smallest absolute Gasteiger partial charge is 0.270 e. The van der Waals surface area contributed by atoms with Crippen molar-refractivity contribution in [2.24, 2.45) is 4.99 Å². The molecule has 16 heavy (non-hydrogen) atoms. The van der Waals surface area contributed by atoms with Gasteiger partial charge in [-0.1, -0.05) is 17.4 Å². The number of hydrogen-bond acceptors (Lipinski definition) is 4. The molecule has 2 aromatic rings. The molecule has 3 heterocycles. The zero-order valence-corrected chi connectivity index (χ0v) is 10.2. The molecule has 0 N–H and O–H groups in total. The molecule has 2 aromatic heterocycles. The average Bonchev–Trinajstić information content (AvgIpc) is 2.90. The third kappa shape index (κ3) is 1.66. The first-order valence-corrected chi connectivity index (χ1v) is 6.83. The highest BCUT2D eigenvalue weighted by Crippen LogP contribution is 2.08. The van der Waals surface area contributed by atoms with Gasteiger partial charge >= 0.3 is 0 Å². The van der Waals surface area contributed by atoms with Crippen molar-refractivity contribution in [2.75, 3.05) is 6.54 Å². The lowest BCUT2D eigenvalue weighted by atomic mass is 10.4. The van der Waals surface area contributed by atoms with Crippen LogP contribution >= 0.6 is 22.7 Å². The Morgan fingerprint density at radius 2 is 2.44 bits per heavy atom. The number of nitrogens with zero attached hydrogens (tertiary/aromatic N) is 2. The minimum atomic E-state index is 0.108. The van der Waals surface area contributed by atoms with Crippen molar-refractivity contribution in [3.8, 4) is 0 Å². The van der Waals surface area contributed by atoms with E-state index in [1.165, 1.54) is 11.3 Å². The van der Waals surface area contributed by atoms with Crippen LogP contribution in [0, 0.1) is 0 Å². The Bertz CT molecular complexity index is 664. The largest absolute Gasteiger partial charge is 0.284 e. The average molecular weight is 250 g/mol. The molecule has 0 saturated carbocycles. The van der Waals surface area contributed by atoms with Crippen LogP contribution in [0.25, 0.3) is 6.08 Å². The standard InChI is InChI=1S/C11H10N2OS2/c14-10-9(7-8-3-1-6-15-8)16-11-12-4-2-5-13(10)11/h1,3,6-7H,2,4-5H2/b9-7-. The summed E-state index contributed by atoms with van der Waals surface area (Å²) in [4.78, 5) is 18.4. The maximum atomic E-state index is 12.0. The molecule has 3 rings (SSSR count). The Hall–Kier alpha value is -1.20. The van der Waals surface area contributed by atoms with Gasteiger partial charge < -0.3 is 0 Å². The van der Waals surface area contributed by atoms with Crippen molar-refractivity contribution in [3.63, 3.8) is 0 Å². The SMILES string of the molecule is O=c1/c(=C/c2cccs2)sc2n1CCCN=2. The van der Waals surface area contributed by atoms with E-state index in [4.69, 9.17) is 0 Å². The Kier molecular flexibility index (Phi) is 2.49. The van der Waals surface area contributed by atoms with Gasteiger partial charge in [0.05, 0.1) is 4.53 Å². The maximum absolute atomic E-state index is 12.0. The summed E-state index contributed by atoms with van der Waals surface area (Å²) >= 11 is 3.14. The minimum Gasteiger partial charge on any atom is -0.284 e. The Morgan fingerprint density at radius 1 is 1.50 bits per heavy atom. The summed E-state index contributed by atoms with van der Waals surface area (Å²) in [5.41, 5.74) is 0.108. The van der Waals surface area contributed by atoms with Gasteiger partial charge in [0.2, 0.25) is 0 Å². The number of thiazole rings is 1. The van der Waals surface area contributed by atoms with Crippen LogP contribution in [0.1, 0.15) is 11.3 Å². The molecular weight excluding hydrogens is 240 g/mol. The quantitative estimate of drug-likeness (QED) is 0.738. The molecule has 0 aliphatic carbocycles. The van der Waals surface area contributed by atoms with Crippen LogP contribution in [-0.2, 0) is 6.54 Å². The molecule has 0 unspecified atom stereocenters. The topological polar surface area (TPSA) is 34.4 Å². The molecule has 0 radical (unpaired) electrons. The first-order valence-electron chi connectivity index (χ1n) is 5.14. The fourth-order valence-electron chi connectivity index (χ4n) is 1.73. The van der Waals surface area contributed by atoms with Crippen LogP contribution in [0.3, 0.4) is 0 Å². The zero-order chi connectivity index (χ0) is 11.0. The molecule has 0 bridgehead atoms. The number of rotatable bonds is 1. The minimum absolute atomic E-state index is 0.108. The molecule has 3 nitrogen and oxygen atoms in total. The van der Waals surface area contributed by atoms with Gasteiger partial charge in [0.1, 0.15) is 0 Å². The van der Waals surface area contributed by atoms with Crippen molar-refractivity contribution in [1.82, 2.24) is 4.57 Å². The molecule has 5 heteroatoms. The van der Waals surface area contributed by atoms with Gasteiger partial charge in [0.15, 0.2) is 4.80 Å². The highest BCUT2D eigenvalue weighted by molar-refractivity contribution is 7.11. The number of aromatic nitrogens is 1. The van der Waals surface area contributed by atoms with Crippen molar-refractivity contribution < 1.29 is 0 Å². The van der Waals surface area contributed by atoms with Crippen LogP contribution in [0.15, 0.2) is 27.3 Å². The summed E-state index contributed by atoms with van der Waals surface area (Å²) in [6, 6.07) is 4.01. The molecule has 0 saturated heterocycles. The van der Waals surface area contributed by atoms with E-state index in [0.29, 0.717) is 0 Å². The number of hydrogen-bond donors (Lipinski definition) is 0. The lowest BCUT2D eigenvalue weighted by Gasteiger charge is -2.03. The Balaban J connectivity index is 2.24.